The van der Waals surface area contributed by atoms with Gasteiger partial charge in [-0.3, -0.25) is 23.9 Å². The van der Waals surface area contributed by atoms with Crippen molar-refractivity contribution in [1.82, 2.24) is 25.2 Å². The van der Waals surface area contributed by atoms with E-state index in [1.807, 2.05) is 45.0 Å². The molecule has 1 aromatic rings. The molecule has 13 nitrogen and oxygen atoms in total. The molecule has 3 N–H and O–H groups in total. The van der Waals surface area contributed by atoms with Gasteiger partial charge >= 0.3 is 6.09 Å². The highest BCUT2D eigenvalue weighted by Crippen LogP contribution is 2.45. The van der Waals surface area contributed by atoms with E-state index in [1.54, 1.807) is 4.90 Å². The number of carbonyl (C=O) groups excluding carboxylic acids is 5. The standard InChI is InChI=1S/C35H47N5O8S/c1-5-24-18-35(24,32(44)38-49(46,47)26-12-13-26)37-30(42)27-17-25(48-33(45)39-15-14-22-8-6-7-9-23(22)19-39)20-40(27)31(43)29(34(2,3)4)36-28(41)16-21-10-11-21/h5-9,21,24-27,29H,1,10-20H2,2-4H3,(H,36,41)(H,37,42)(H,38,44)/t24-,25-,27+,29-,35-/m1/s1. The molecule has 5 amide bonds. The zero-order valence-corrected chi connectivity index (χ0v) is 29.2. The van der Waals surface area contributed by atoms with Crippen LogP contribution in [0.2, 0.25) is 0 Å². The maximum Gasteiger partial charge on any atom is 0.410 e. The highest BCUT2D eigenvalue weighted by molar-refractivity contribution is 7.91. The molecule has 266 valence electrons. The Balaban J connectivity index is 1.21. The number of hydrogen-bond donors (Lipinski definition) is 3. The second kappa shape index (κ2) is 13.1. The first-order chi connectivity index (χ1) is 23.1. The van der Waals surface area contributed by atoms with Crippen molar-refractivity contribution in [1.29, 1.82) is 0 Å². The Bertz CT molecular complexity index is 1650. The molecular weight excluding hydrogens is 650 g/mol. The largest absolute Gasteiger partial charge is 0.444 e. The predicted octanol–water partition coefficient (Wildman–Crippen LogP) is 2.15. The lowest BCUT2D eigenvalue weighted by atomic mass is 9.85. The summed E-state index contributed by atoms with van der Waals surface area (Å²) in [4.78, 5) is 71.0. The molecule has 2 heterocycles. The third-order valence-electron chi connectivity index (χ3n) is 10.3. The number of rotatable bonds is 11. The summed E-state index contributed by atoms with van der Waals surface area (Å²) in [5.74, 6) is -2.50. The quantitative estimate of drug-likeness (QED) is 0.296. The first-order valence-electron chi connectivity index (χ1n) is 17.2. The molecule has 0 radical (unpaired) electrons. The van der Waals surface area contributed by atoms with Crippen LogP contribution in [-0.4, -0.2) is 90.0 Å². The molecule has 2 aliphatic heterocycles. The SMILES string of the molecule is C=C[C@@H]1C[C@]1(NC(=O)[C@@H]1C[C@@H](OC(=O)N2CCc3ccccc3C2)CN1C(=O)[C@@H](NC(=O)CC1CC1)C(C)(C)C)C(=O)NS(=O)(=O)C1CC1. The van der Waals surface area contributed by atoms with Crippen molar-refractivity contribution in [3.63, 3.8) is 0 Å². The summed E-state index contributed by atoms with van der Waals surface area (Å²) >= 11 is 0. The van der Waals surface area contributed by atoms with Gasteiger partial charge in [-0.05, 0) is 61.0 Å². The number of fused-ring (bicyclic) bond motifs is 1. The number of sulfonamides is 1. The van der Waals surface area contributed by atoms with Crippen molar-refractivity contribution in [3.8, 4) is 0 Å². The monoisotopic (exact) mass is 697 g/mol. The van der Waals surface area contributed by atoms with Crippen LogP contribution < -0.4 is 15.4 Å². The van der Waals surface area contributed by atoms with Gasteiger partial charge in [0.2, 0.25) is 27.7 Å². The predicted molar refractivity (Wildman–Crippen MR) is 179 cm³/mol. The van der Waals surface area contributed by atoms with Gasteiger partial charge in [0.05, 0.1) is 11.8 Å². The molecule has 5 atom stereocenters. The van der Waals surface area contributed by atoms with E-state index in [0.717, 1.165) is 18.4 Å². The summed E-state index contributed by atoms with van der Waals surface area (Å²) in [6.45, 7) is 9.95. The van der Waals surface area contributed by atoms with Crippen LogP contribution in [-0.2, 0) is 46.9 Å². The van der Waals surface area contributed by atoms with Gasteiger partial charge in [-0.1, -0.05) is 51.1 Å². The Labute approximate surface area is 287 Å². The zero-order chi connectivity index (χ0) is 35.3. The maximum absolute atomic E-state index is 14.3. The van der Waals surface area contributed by atoms with Gasteiger partial charge in [-0.15, -0.1) is 6.58 Å². The van der Waals surface area contributed by atoms with Crippen LogP contribution in [0.15, 0.2) is 36.9 Å². The minimum Gasteiger partial charge on any atom is -0.444 e. The van der Waals surface area contributed by atoms with E-state index in [1.165, 1.54) is 16.5 Å². The van der Waals surface area contributed by atoms with Crippen molar-refractivity contribution >= 4 is 39.7 Å². The molecule has 14 heteroatoms. The van der Waals surface area contributed by atoms with E-state index >= 15 is 0 Å². The molecule has 6 rings (SSSR count). The summed E-state index contributed by atoms with van der Waals surface area (Å²) < 4.78 is 33.3. The van der Waals surface area contributed by atoms with E-state index in [9.17, 15) is 32.4 Å². The first-order valence-corrected chi connectivity index (χ1v) is 18.8. The number of nitrogens with zero attached hydrogens (tertiary/aromatic N) is 2. The number of likely N-dealkylation sites (tertiary alicyclic amines) is 1. The fraction of sp³-hybridized carbons (Fsp3) is 0.629. The Morgan fingerprint density at radius 3 is 2.39 bits per heavy atom. The molecule has 0 bridgehead atoms. The number of amides is 5. The molecule has 3 aliphatic carbocycles. The fourth-order valence-electron chi connectivity index (χ4n) is 6.88. The summed E-state index contributed by atoms with van der Waals surface area (Å²) in [6.07, 6.45) is 4.02. The van der Waals surface area contributed by atoms with Gasteiger partial charge in [-0.25, -0.2) is 13.2 Å². The Morgan fingerprint density at radius 2 is 1.78 bits per heavy atom. The minimum absolute atomic E-state index is 0.0442. The van der Waals surface area contributed by atoms with E-state index in [2.05, 4.69) is 21.9 Å². The maximum atomic E-state index is 14.3. The van der Waals surface area contributed by atoms with Crippen LogP contribution in [0.25, 0.3) is 0 Å². The van der Waals surface area contributed by atoms with Gasteiger partial charge in [0, 0.05) is 31.8 Å². The Morgan fingerprint density at radius 1 is 1.08 bits per heavy atom. The second-order valence-electron chi connectivity index (χ2n) is 15.4. The summed E-state index contributed by atoms with van der Waals surface area (Å²) in [7, 11) is -3.89. The van der Waals surface area contributed by atoms with Gasteiger partial charge in [0.1, 0.15) is 23.7 Å². The van der Waals surface area contributed by atoms with Crippen LogP contribution in [0.1, 0.15) is 76.8 Å². The summed E-state index contributed by atoms with van der Waals surface area (Å²) in [5, 5.41) is 5.02. The molecule has 0 unspecified atom stereocenters. The topological polar surface area (TPSA) is 171 Å². The lowest BCUT2D eigenvalue weighted by molar-refractivity contribution is -0.144. The van der Waals surface area contributed by atoms with Crippen LogP contribution >= 0.6 is 0 Å². The Hall–Kier alpha value is -3.94. The molecular formula is C35H47N5O8S. The van der Waals surface area contributed by atoms with Gasteiger partial charge in [-0.2, -0.15) is 0 Å². The second-order valence-corrected chi connectivity index (χ2v) is 17.3. The normalized spacial score (nSPS) is 27.0. The lowest BCUT2D eigenvalue weighted by Crippen LogP contribution is -2.60. The third-order valence-corrected chi connectivity index (χ3v) is 12.2. The number of hydrogen-bond acceptors (Lipinski definition) is 8. The van der Waals surface area contributed by atoms with Crippen LogP contribution in [0, 0.1) is 17.3 Å². The van der Waals surface area contributed by atoms with Gasteiger partial charge < -0.3 is 25.2 Å². The van der Waals surface area contributed by atoms with Crippen LogP contribution in [0.5, 0.6) is 0 Å². The summed E-state index contributed by atoms with van der Waals surface area (Å²) in [6, 6.07) is 5.73. The Kier molecular flexibility index (Phi) is 9.31. The smallest absolute Gasteiger partial charge is 0.410 e. The van der Waals surface area contributed by atoms with Crippen molar-refractivity contribution in [2.45, 2.75) is 108 Å². The first kappa shape index (κ1) is 34.9. The van der Waals surface area contributed by atoms with Crippen molar-refractivity contribution in [2.75, 3.05) is 13.1 Å². The number of ether oxygens (including phenoxy) is 1. The average molecular weight is 698 g/mol. The van der Waals surface area contributed by atoms with Crippen LogP contribution in [0.4, 0.5) is 4.79 Å². The summed E-state index contributed by atoms with van der Waals surface area (Å²) in [5.41, 5.74) is -0.0862. The molecule has 4 fully saturated rings. The molecule has 0 aromatic heterocycles. The molecule has 0 spiro atoms. The lowest BCUT2D eigenvalue weighted by Gasteiger charge is -2.35. The molecule has 3 saturated carbocycles. The molecule has 1 saturated heterocycles. The average Bonchev–Trinajstić information content (AvgIpc) is 3.94. The van der Waals surface area contributed by atoms with Crippen molar-refractivity contribution in [3.05, 3.63) is 48.0 Å². The molecule has 1 aromatic carbocycles. The van der Waals surface area contributed by atoms with Gasteiger partial charge in [0.15, 0.2) is 0 Å². The number of nitrogens with one attached hydrogen (secondary N) is 3. The van der Waals surface area contributed by atoms with E-state index < -0.39 is 74.1 Å². The van der Waals surface area contributed by atoms with Crippen molar-refractivity contribution in [2.24, 2.45) is 17.3 Å². The van der Waals surface area contributed by atoms with Crippen molar-refractivity contribution < 1.29 is 37.1 Å². The van der Waals surface area contributed by atoms with Gasteiger partial charge in [0.25, 0.3) is 5.91 Å². The van der Waals surface area contributed by atoms with E-state index in [0.29, 0.717) is 44.7 Å². The molecule has 5 aliphatic rings. The zero-order valence-electron chi connectivity index (χ0n) is 28.4. The minimum atomic E-state index is -3.89. The number of carbonyl (C=O) groups is 5. The number of benzene rings is 1. The van der Waals surface area contributed by atoms with E-state index in [4.69, 9.17) is 4.74 Å². The molecule has 49 heavy (non-hydrogen) atoms. The third kappa shape index (κ3) is 7.63. The highest BCUT2D eigenvalue weighted by atomic mass is 32.2. The van der Waals surface area contributed by atoms with E-state index in [-0.39, 0.29) is 25.3 Å². The highest BCUT2D eigenvalue weighted by Gasteiger charge is 2.62. The van der Waals surface area contributed by atoms with Crippen LogP contribution in [0.3, 0.4) is 0 Å². The fourth-order valence-corrected chi connectivity index (χ4v) is 8.25.